The minimum atomic E-state index is -0.797. The molecule has 0 atom stereocenters. The second-order valence-electron chi connectivity index (χ2n) is 4.63. The highest BCUT2D eigenvalue weighted by atomic mass is 16.5. The van der Waals surface area contributed by atoms with Crippen molar-refractivity contribution in [2.24, 2.45) is 0 Å². The molecule has 0 bridgehead atoms. The number of carboxylic acids is 1. The highest BCUT2D eigenvalue weighted by Gasteiger charge is 2.15. The summed E-state index contributed by atoms with van der Waals surface area (Å²) in [5.74, 6) is -0.518. The number of methoxy groups -OCH3 is 2. The van der Waals surface area contributed by atoms with Crippen LogP contribution in [0.4, 0.5) is 5.69 Å². The lowest BCUT2D eigenvalue weighted by Gasteiger charge is -2.13. The summed E-state index contributed by atoms with van der Waals surface area (Å²) >= 11 is 0. The average Bonchev–Trinajstić information content (AvgIpc) is 2.49. The fourth-order valence-electron chi connectivity index (χ4n) is 1.87. The van der Waals surface area contributed by atoms with Gasteiger partial charge in [0.1, 0.15) is 0 Å². The van der Waals surface area contributed by atoms with Crippen molar-refractivity contribution >= 4 is 17.6 Å². The molecule has 1 aromatic carbocycles. The fraction of sp³-hybridized carbons (Fsp3) is 0.467. The van der Waals surface area contributed by atoms with Crippen LogP contribution in [0.15, 0.2) is 12.1 Å². The third-order valence-corrected chi connectivity index (χ3v) is 3.03. The molecule has 122 valence electrons. The molecule has 0 spiro atoms. The SMILES string of the molecule is COC(=O)c1cc(OC)c(OCCCCCC(=O)O)cc1N. The number of hydrogen-bond acceptors (Lipinski definition) is 6. The van der Waals surface area contributed by atoms with Crippen LogP contribution in [-0.4, -0.2) is 37.9 Å². The van der Waals surface area contributed by atoms with Gasteiger partial charge in [-0.25, -0.2) is 4.79 Å². The van der Waals surface area contributed by atoms with Gasteiger partial charge in [-0.1, -0.05) is 0 Å². The molecule has 1 rings (SSSR count). The van der Waals surface area contributed by atoms with Crippen molar-refractivity contribution in [3.05, 3.63) is 17.7 Å². The third-order valence-electron chi connectivity index (χ3n) is 3.03. The van der Waals surface area contributed by atoms with Gasteiger partial charge in [0.05, 0.1) is 32.1 Å². The molecule has 7 nitrogen and oxygen atoms in total. The van der Waals surface area contributed by atoms with E-state index in [4.69, 9.17) is 20.3 Å². The zero-order valence-corrected chi connectivity index (χ0v) is 12.8. The Morgan fingerprint density at radius 1 is 1.14 bits per heavy atom. The number of nitrogens with two attached hydrogens (primary N) is 1. The van der Waals surface area contributed by atoms with Crippen LogP contribution in [0.1, 0.15) is 36.0 Å². The second kappa shape index (κ2) is 8.76. The predicted octanol–water partition coefficient (Wildman–Crippen LogP) is 2.09. The number of aliphatic carboxylic acids is 1. The first-order valence-corrected chi connectivity index (χ1v) is 6.90. The van der Waals surface area contributed by atoms with Gasteiger partial charge in [-0.2, -0.15) is 0 Å². The van der Waals surface area contributed by atoms with Crippen LogP contribution in [0.5, 0.6) is 11.5 Å². The largest absolute Gasteiger partial charge is 0.493 e. The Labute approximate surface area is 129 Å². The van der Waals surface area contributed by atoms with Crippen LogP contribution in [0.2, 0.25) is 0 Å². The van der Waals surface area contributed by atoms with Crippen LogP contribution >= 0.6 is 0 Å². The Bertz CT molecular complexity index is 529. The number of esters is 1. The minimum absolute atomic E-state index is 0.157. The van der Waals surface area contributed by atoms with Crippen LogP contribution in [-0.2, 0) is 9.53 Å². The number of hydrogen-bond donors (Lipinski definition) is 2. The first-order valence-electron chi connectivity index (χ1n) is 6.90. The topological polar surface area (TPSA) is 108 Å². The molecule has 0 aliphatic carbocycles. The lowest BCUT2D eigenvalue weighted by atomic mass is 10.1. The van der Waals surface area contributed by atoms with Crippen molar-refractivity contribution in [2.45, 2.75) is 25.7 Å². The van der Waals surface area contributed by atoms with Crippen molar-refractivity contribution in [1.29, 1.82) is 0 Å². The van der Waals surface area contributed by atoms with Gasteiger partial charge in [0, 0.05) is 18.6 Å². The van der Waals surface area contributed by atoms with Crippen LogP contribution in [0.25, 0.3) is 0 Å². The predicted molar refractivity (Wildman–Crippen MR) is 80.3 cm³/mol. The van der Waals surface area contributed by atoms with Gasteiger partial charge in [-0.3, -0.25) is 4.79 Å². The number of benzene rings is 1. The summed E-state index contributed by atoms with van der Waals surface area (Å²) in [7, 11) is 2.74. The van der Waals surface area contributed by atoms with E-state index in [0.717, 1.165) is 12.8 Å². The summed E-state index contributed by atoms with van der Waals surface area (Å²) < 4.78 is 15.4. The Morgan fingerprint density at radius 3 is 2.45 bits per heavy atom. The van der Waals surface area contributed by atoms with Crippen molar-refractivity contribution in [1.82, 2.24) is 0 Å². The third kappa shape index (κ3) is 5.16. The van der Waals surface area contributed by atoms with Gasteiger partial charge in [-0.15, -0.1) is 0 Å². The van der Waals surface area contributed by atoms with E-state index in [-0.39, 0.29) is 17.7 Å². The van der Waals surface area contributed by atoms with E-state index in [1.165, 1.54) is 26.4 Å². The van der Waals surface area contributed by atoms with Gasteiger partial charge in [-0.05, 0) is 19.3 Å². The summed E-state index contributed by atoms with van der Waals surface area (Å²) in [5.41, 5.74) is 6.26. The van der Waals surface area contributed by atoms with Crippen molar-refractivity contribution in [3.8, 4) is 11.5 Å². The van der Waals surface area contributed by atoms with Gasteiger partial charge < -0.3 is 25.1 Å². The maximum Gasteiger partial charge on any atom is 0.340 e. The lowest BCUT2D eigenvalue weighted by Crippen LogP contribution is -2.08. The standard InChI is InChI=1S/C15H21NO6/c1-20-12-8-10(15(19)21-2)11(16)9-13(12)22-7-5-3-4-6-14(17)18/h8-9H,3-7,16H2,1-2H3,(H,17,18). The lowest BCUT2D eigenvalue weighted by molar-refractivity contribution is -0.137. The summed E-state index contributed by atoms with van der Waals surface area (Å²) in [4.78, 5) is 21.9. The Hall–Kier alpha value is -2.44. The molecule has 0 heterocycles. The molecule has 1 aromatic rings. The van der Waals surface area contributed by atoms with E-state index in [1.54, 1.807) is 0 Å². The van der Waals surface area contributed by atoms with Crippen molar-refractivity contribution in [2.75, 3.05) is 26.6 Å². The normalized spacial score (nSPS) is 10.1. The number of carboxylic acid groups (broad SMARTS) is 1. The minimum Gasteiger partial charge on any atom is -0.493 e. The molecular formula is C15H21NO6. The molecule has 0 aromatic heterocycles. The Morgan fingerprint density at radius 2 is 1.86 bits per heavy atom. The van der Waals surface area contributed by atoms with E-state index >= 15 is 0 Å². The molecule has 0 aliphatic rings. The molecular weight excluding hydrogens is 290 g/mol. The van der Waals surface area contributed by atoms with E-state index in [9.17, 15) is 9.59 Å². The molecule has 0 radical (unpaired) electrons. The zero-order valence-electron chi connectivity index (χ0n) is 12.8. The first kappa shape index (κ1) is 17.6. The van der Waals surface area contributed by atoms with Gasteiger partial charge >= 0.3 is 11.9 Å². The van der Waals surface area contributed by atoms with Crippen molar-refractivity contribution in [3.63, 3.8) is 0 Å². The molecule has 0 saturated carbocycles. The number of ether oxygens (including phenoxy) is 3. The molecule has 0 saturated heterocycles. The number of carbonyl (C=O) groups is 2. The van der Waals surface area contributed by atoms with Crippen LogP contribution in [0, 0.1) is 0 Å². The molecule has 22 heavy (non-hydrogen) atoms. The zero-order chi connectivity index (χ0) is 16.5. The van der Waals surface area contributed by atoms with E-state index in [0.29, 0.717) is 24.5 Å². The molecule has 3 N–H and O–H groups in total. The van der Waals surface area contributed by atoms with Crippen LogP contribution < -0.4 is 15.2 Å². The maximum atomic E-state index is 11.6. The summed E-state index contributed by atoms with van der Waals surface area (Å²) in [6, 6.07) is 2.99. The molecule has 0 amide bonds. The number of nitrogen functional groups attached to an aromatic ring is 1. The monoisotopic (exact) mass is 311 g/mol. The Balaban J connectivity index is 2.61. The smallest absolute Gasteiger partial charge is 0.340 e. The van der Waals surface area contributed by atoms with Gasteiger partial charge in [0.15, 0.2) is 11.5 Å². The van der Waals surface area contributed by atoms with E-state index in [2.05, 4.69) is 4.74 Å². The van der Waals surface area contributed by atoms with Gasteiger partial charge in [0.25, 0.3) is 0 Å². The quantitative estimate of drug-likeness (QED) is 0.408. The number of anilines is 1. The second-order valence-corrected chi connectivity index (χ2v) is 4.63. The number of carbonyl (C=O) groups excluding carboxylic acids is 1. The van der Waals surface area contributed by atoms with Crippen LogP contribution in [0.3, 0.4) is 0 Å². The molecule has 7 heteroatoms. The number of unbranched alkanes of at least 4 members (excludes halogenated alkanes) is 2. The molecule has 0 fully saturated rings. The highest BCUT2D eigenvalue weighted by molar-refractivity contribution is 5.96. The summed E-state index contributed by atoms with van der Waals surface area (Å²) in [6.45, 7) is 0.410. The number of rotatable bonds is 9. The Kier molecular flexibility index (Phi) is 7.01. The fourth-order valence-corrected chi connectivity index (χ4v) is 1.87. The first-order chi connectivity index (χ1) is 10.5. The van der Waals surface area contributed by atoms with Gasteiger partial charge in [0.2, 0.25) is 0 Å². The molecule has 0 unspecified atom stereocenters. The highest BCUT2D eigenvalue weighted by Crippen LogP contribution is 2.32. The van der Waals surface area contributed by atoms with E-state index in [1.807, 2.05) is 0 Å². The average molecular weight is 311 g/mol. The summed E-state index contributed by atoms with van der Waals surface area (Å²) in [6.07, 6.45) is 2.24. The van der Waals surface area contributed by atoms with E-state index < -0.39 is 11.9 Å². The maximum absolute atomic E-state index is 11.6. The molecule has 0 aliphatic heterocycles. The summed E-state index contributed by atoms with van der Waals surface area (Å²) in [5, 5.41) is 8.54. The van der Waals surface area contributed by atoms with Crippen molar-refractivity contribution < 1.29 is 28.9 Å².